The van der Waals surface area contributed by atoms with Crippen LogP contribution in [0.25, 0.3) is 0 Å². The lowest BCUT2D eigenvalue weighted by atomic mass is 10.0. The highest BCUT2D eigenvalue weighted by atomic mass is 14.6. The molecule has 0 aromatic carbocycles. The molecule has 0 radical (unpaired) electrons. The Hall–Kier alpha value is -0.300. The Morgan fingerprint density at radius 3 is 2.73 bits per heavy atom. The van der Waals surface area contributed by atoms with E-state index in [1.807, 2.05) is 0 Å². The van der Waals surface area contributed by atoms with Gasteiger partial charge >= 0.3 is 0 Å². The summed E-state index contributed by atoms with van der Waals surface area (Å²) in [5.74, 6) is 0.953. The van der Waals surface area contributed by atoms with Gasteiger partial charge in [-0.3, -0.25) is 0 Å². The highest BCUT2D eigenvalue weighted by molar-refractivity contribution is 4.96. The maximum absolute atomic E-state index is 5.93. The van der Waals surface area contributed by atoms with E-state index in [0.29, 0.717) is 6.04 Å². The summed E-state index contributed by atoms with van der Waals surface area (Å²) in [5.41, 5.74) is 7.23. The van der Waals surface area contributed by atoms with E-state index in [0.717, 1.165) is 18.8 Å². The van der Waals surface area contributed by atoms with Crippen molar-refractivity contribution in [2.45, 2.75) is 45.1 Å². The predicted molar refractivity (Wildman–Crippen MR) is 49.4 cm³/mol. The lowest BCUT2D eigenvalue weighted by Crippen LogP contribution is -2.20. The minimum atomic E-state index is 0.384. The standard InChI is InChI=1S/C10H19N/c1-3-8(2)6-10(11)7-9-4-5-9/h9-10H,2-7,11H2,1H3. The normalized spacial score (nSPS) is 19.8. The van der Waals surface area contributed by atoms with Crippen LogP contribution < -0.4 is 5.73 Å². The van der Waals surface area contributed by atoms with E-state index in [1.54, 1.807) is 0 Å². The Morgan fingerprint density at radius 2 is 2.27 bits per heavy atom. The first-order valence-electron chi connectivity index (χ1n) is 4.64. The van der Waals surface area contributed by atoms with Crippen molar-refractivity contribution in [1.29, 1.82) is 0 Å². The fourth-order valence-corrected chi connectivity index (χ4v) is 1.38. The second-order valence-corrected chi connectivity index (χ2v) is 3.75. The summed E-state index contributed by atoms with van der Waals surface area (Å²) >= 11 is 0. The van der Waals surface area contributed by atoms with Crippen molar-refractivity contribution in [1.82, 2.24) is 0 Å². The molecule has 1 nitrogen and oxygen atoms in total. The minimum Gasteiger partial charge on any atom is -0.327 e. The number of nitrogens with two attached hydrogens (primary N) is 1. The van der Waals surface area contributed by atoms with Crippen molar-refractivity contribution in [2.24, 2.45) is 11.7 Å². The van der Waals surface area contributed by atoms with Crippen LogP contribution in [-0.4, -0.2) is 6.04 Å². The molecule has 0 spiro atoms. The van der Waals surface area contributed by atoms with Crippen LogP contribution in [0.15, 0.2) is 12.2 Å². The average molecular weight is 153 g/mol. The number of rotatable bonds is 5. The first kappa shape index (κ1) is 8.79. The van der Waals surface area contributed by atoms with Crippen LogP contribution in [0.2, 0.25) is 0 Å². The zero-order chi connectivity index (χ0) is 8.27. The number of hydrogen-bond acceptors (Lipinski definition) is 1. The van der Waals surface area contributed by atoms with Crippen molar-refractivity contribution < 1.29 is 0 Å². The van der Waals surface area contributed by atoms with Crippen LogP contribution in [0.4, 0.5) is 0 Å². The van der Waals surface area contributed by atoms with Crippen molar-refractivity contribution in [2.75, 3.05) is 0 Å². The monoisotopic (exact) mass is 153 g/mol. The zero-order valence-corrected chi connectivity index (χ0v) is 7.47. The highest BCUT2D eigenvalue weighted by Crippen LogP contribution is 2.34. The molecule has 1 aliphatic rings. The van der Waals surface area contributed by atoms with Gasteiger partial charge in [-0.15, -0.1) is 0 Å². The maximum Gasteiger partial charge on any atom is 0.00786 e. The fourth-order valence-electron chi connectivity index (χ4n) is 1.38. The van der Waals surface area contributed by atoms with Crippen LogP contribution in [0.1, 0.15) is 39.0 Å². The van der Waals surface area contributed by atoms with Gasteiger partial charge in [0.2, 0.25) is 0 Å². The molecule has 1 heteroatoms. The van der Waals surface area contributed by atoms with E-state index < -0.39 is 0 Å². The fraction of sp³-hybridized carbons (Fsp3) is 0.800. The van der Waals surface area contributed by atoms with Gasteiger partial charge in [0.15, 0.2) is 0 Å². The average Bonchev–Trinajstić information content (AvgIpc) is 2.71. The molecule has 0 heterocycles. The Balaban J connectivity index is 2.08. The third kappa shape index (κ3) is 3.57. The number of hydrogen-bond donors (Lipinski definition) is 1. The molecular formula is C10H19N. The van der Waals surface area contributed by atoms with Gasteiger partial charge in [0.25, 0.3) is 0 Å². The highest BCUT2D eigenvalue weighted by Gasteiger charge is 2.23. The van der Waals surface area contributed by atoms with E-state index >= 15 is 0 Å². The van der Waals surface area contributed by atoms with Gasteiger partial charge in [0.05, 0.1) is 0 Å². The van der Waals surface area contributed by atoms with Gasteiger partial charge in [0.1, 0.15) is 0 Å². The summed E-state index contributed by atoms with van der Waals surface area (Å²) in [5, 5.41) is 0. The molecular weight excluding hydrogens is 134 g/mol. The minimum absolute atomic E-state index is 0.384. The molecule has 64 valence electrons. The molecule has 1 rings (SSSR count). The molecule has 0 aliphatic heterocycles. The quantitative estimate of drug-likeness (QED) is 0.603. The maximum atomic E-state index is 5.93. The first-order valence-corrected chi connectivity index (χ1v) is 4.64. The third-order valence-corrected chi connectivity index (χ3v) is 2.38. The van der Waals surface area contributed by atoms with Gasteiger partial charge in [-0.05, 0) is 25.2 Å². The largest absolute Gasteiger partial charge is 0.327 e. The van der Waals surface area contributed by atoms with Crippen LogP contribution in [-0.2, 0) is 0 Å². The summed E-state index contributed by atoms with van der Waals surface area (Å²) in [7, 11) is 0. The van der Waals surface area contributed by atoms with Crippen molar-refractivity contribution in [3.8, 4) is 0 Å². The van der Waals surface area contributed by atoms with Crippen LogP contribution >= 0.6 is 0 Å². The molecule has 1 atom stereocenters. The predicted octanol–water partition coefficient (Wildman–Crippen LogP) is 2.47. The molecule has 0 saturated heterocycles. The van der Waals surface area contributed by atoms with E-state index in [2.05, 4.69) is 13.5 Å². The summed E-state index contributed by atoms with van der Waals surface area (Å²) in [6.07, 6.45) is 6.16. The Labute approximate surface area is 69.7 Å². The Kier molecular flexibility index (Phi) is 3.13. The van der Waals surface area contributed by atoms with Crippen LogP contribution in [0.3, 0.4) is 0 Å². The van der Waals surface area contributed by atoms with E-state index in [1.165, 1.54) is 24.8 Å². The smallest absolute Gasteiger partial charge is 0.00786 e. The summed E-state index contributed by atoms with van der Waals surface area (Å²) in [6, 6.07) is 0.384. The topological polar surface area (TPSA) is 26.0 Å². The van der Waals surface area contributed by atoms with Gasteiger partial charge in [-0.25, -0.2) is 0 Å². The van der Waals surface area contributed by atoms with Gasteiger partial charge in [0, 0.05) is 6.04 Å². The first-order chi connectivity index (χ1) is 5.22. The Bertz CT molecular complexity index is 136. The summed E-state index contributed by atoms with van der Waals surface area (Å²) in [4.78, 5) is 0. The molecule has 2 N–H and O–H groups in total. The summed E-state index contributed by atoms with van der Waals surface area (Å²) < 4.78 is 0. The SMILES string of the molecule is C=C(CC)CC(N)CC1CC1. The molecule has 0 aromatic rings. The van der Waals surface area contributed by atoms with E-state index in [4.69, 9.17) is 5.73 Å². The lowest BCUT2D eigenvalue weighted by molar-refractivity contribution is 0.560. The summed E-state index contributed by atoms with van der Waals surface area (Å²) in [6.45, 7) is 6.11. The van der Waals surface area contributed by atoms with Crippen molar-refractivity contribution in [3.05, 3.63) is 12.2 Å². The van der Waals surface area contributed by atoms with Gasteiger partial charge < -0.3 is 5.73 Å². The molecule has 1 saturated carbocycles. The molecule has 1 aliphatic carbocycles. The van der Waals surface area contributed by atoms with Crippen LogP contribution in [0, 0.1) is 5.92 Å². The zero-order valence-electron chi connectivity index (χ0n) is 7.47. The van der Waals surface area contributed by atoms with Gasteiger partial charge in [-0.2, -0.15) is 0 Å². The van der Waals surface area contributed by atoms with E-state index in [-0.39, 0.29) is 0 Å². The molecule has 1 fully saturated rings. The van der Waals surface area contributed by atoms with Gasteiger partial charge in [-0.1, -0.05) is 31.9 Å². The van der Waals surface area contributed by atoms with Crippen molar-refractivity contribution in [3.63, 3.8) is 0 Å². The third-order valence-electron chi connectivity index (χ3n) is 2.38. The molecule has 0 bridgehead atoms. The van der Waals surface area contributed by atoms with Crippen molar-refractivity contribution >= 4 is 0 Å². The Morgan fingerprint density at radius 1 is 1.64 bits per heavy atom. The lowest BCUT2D eigenvalue weighted by Gasteiger charge is -2.11. The molecule has 0 amide bonds. The van der Waals surface area contributed by atoms with E-state index in [9.17, 15) is 0 Å². The molecule has 0 aromatic heterocycles. The second-order valence-electron chi connectivity index (χ2n) is 3.75. The van der Waals surface area contributed by atoms with Crippen LogP contribution in [0.5, 0.6) is 0 Å². The second kappa shape index (κ2) is 3.91. The molecule has 11 heavy (non-hydrogen) atoms. The molecule has 1 unspecified atom stereocenters.